The van der Waals surface area contributed by atoms with Gasteiger partial charge >= 0.3 is 0 Å². The van der Waals surface area contributed by atoms with E-state index in [2.05, 4.69) is 9.97 Å². The molecule has 0 bridgehead atoms. The van der Waals surface area contributed by atoms with E-state index >= 15 is 0 Å². The van der Waals surface area contributed by atoms with Crippen LogP contribution in [0.3, 0.4) is 0 Å². The molecule has 0 N–H and O–H groups in total. The molecular weight excluding hydrogens is 179 g/mol. The van der Waals surface area contributed by atoms with Gasteiger partial charge in [-0.2, -0.15) is 0 Å². The van der Waals surface area contributed by atoms with E-state index in [9.17, 15) is 4.39 Å². The Morgan fingerprint density at radius 3 is 2.36 bits per heavy atom. The van der Waals surface area contributed by atoms with Gasteiger partial charge in [0.2, 0.25) is 0 Å². The first-order valence-corrected chi connectivity index (χ1v) is 4.31. The predicted octanol–water partition coefficient (Wildman–Crippen LogP) is 2.59. The standard InChI is InChI=1S/C11H9FN2/c1-8-4-2-3-5-10(8)11-13-6-9(12)7-14-11/h2-7H,1H3. The van der Waals surface area contributed by atoms with Gasteiger partial charge < -0.3 is 0 Å². The van der Waals surface area contributed by atoms with E-state index in [4.69, 9.17) is 0 Å². The summed E-state index contributed by atoms with van der Waals surface area (Å²) < 4.78 is 12.6. The zero-order valence-electron chi connectivity index (χ0n) is 7.74. The first kappa shape index (κ1) is 8.81. The highest BCUT2D eigenvalue weighted by atomic mass is 19.1. The van der Waals surface area contributed by atoms with Gasteiger partial charge in [-0.25, -0.2) is 14.4 Å². The molecular formula is C11H9FN2. The second-order valence-electron chi connectivity index (χ2n) is 3.04. The zero-order valence-corrected chi connectivity index (χ0v) is 7.74. The predicted molar refractivity (Wildman–Crippen MR) is 52.2 cm³/mol. The second-order valence-corrected chi connectivity index (χ2v) is 3.04. The Bertz CT molecular complexity index is 437. The van der Waals surface area contributed by atoms with Crippen molar-refractivity contribution >= 4 is 0 Å². The minimum absolute atomic E-state index is 0.415. The minimum atomic E-state index is -0.415. The normalized spacial score (nSPS) is 10.1. The summed E-state index contributed by atoms with van der Waals surface area (Å²) in [6.45, 7) is 1.97. The summed E-state index contributed by atoms with van der Waals surface area (Å²) in [5, 5.41) is 0. The number of rotatable bonds is 1. The third-order valence-electron chi connectivity index (χ3n) is 2.01. The molecule has 0 saturated carbocycles. The number of hydrogen-bond donors (Lipinski definition) is 0. The molecule has 0 spiro atoms. The van der Waals surface area contributed by atoms with E-state index in [1.54, 1.807) is 0 Å². The van der Waals surface area contributed by atoms with Crippen LogP contribution in [-0.4, -0.2) is 9.97 Å². The molecule has 1 aromatic carbocycles. The van der Waals surface area contributed by atoms with E-state index < -0.39 is 5.82 Å². The number of aryl methyl sites for hydroxylation is 1. The highest BCUT2D eigenvalue weighted by molar-refractivity contribution is 5.59. The Hall–Kier alpha value is -1.77. The van der Waals surface area contributed by atoms with Crippen LogP contribution in [0, 0.1) is 12.7 Å². The fraction of sp³-hybridized carbons (Fsp3) is 0.0909. The average Bonchev–Trinajstić information content (AvgIpc) is 2.20. The molecule has 14 heavy (non-hydrogen) atoms. The van der Waals surface area contributed by atoms with Gasteiger partial charge in [-0.3, -0.25) is 0 Å². The number of nitrogens with zero attached hydrogens (tertiary/aromatic N) is 2. The zero-order chi connectivity index (χ0) is 9.97. The third-order valence-corrected chi connectivity index (χ3v) is 2.01. The van der Waals surface area contributed by atoms with Gasteiger partial charge in [0, 0.05) is 5.56 Å². The summed E-state index contributed by atoms with van der Waals surface area (Å²) in [5.41, 5.74) is 2.02. The maximum atomic E-state index is 12.6. The number of aromatic nitrogens is 2. The molecule has 2 nitrogen and oxygen atoms in total. The molecule has 0 saturated heterocycles. The fourth-order valence-corrected chi connectivity index (χ4v) is 1.28. The van der Waals surface area contributed by atoms with Crippen LogP contribution >= 0.6 is 0 Å². The molecule has 0 unspecified atom stereocenters. The highest BCUT2D eigenvalue weighted by Gasteiger charge is 2.03. The molecule has 0 atom stereocenters. The largest absolute Gasteiger partial charge is 0.233 e. The first-order valence-electron chi connectivity index (χ1n) is 4.31. The van der Waals surface area contributed by atoms with E-state index in [0.29, 0.717) is 5.82 Å². The van der Waals surface area contributed by atoms with Gasteiger partial charge in [-0.15, -0.1) is 0 Å². The fourth-order valence-electron chi connectivity index (χ4n) is 1.28. The van der Waals surface area contributed by atoms with Crippen LogP contribution in [0.1, 0.15) is 5.56 Å². The molecule has 0 radical (unpaired) electrons. The van der Waals surface area contributed by atoms with Crippen LogP contribution in [0.25, 0.3) is 11.4 Å². The van der Waals surface area contributed by atoms with Crippen molar-refractivity contribution in [2.45, 2.75) is 6.92 Å². The van der Waals surface area contributed by atoms with E-state index in [-0.39, 0.29) is 0 Å². The molecule has 1 aromatic heterocycles. The van der Waals surface area contributed by atoms with E-state index in [1.165, 1.54) is 12.4 Å². The Morgan fingerprint density at radius 2 is 1.71 bits per heavy atom. The summed E-state index contributed by atoms with van der Waals surface area (Å²) in [4.78, 5) is 7.85. The molecule has 0 aliphatic carbocycles. The number of benzene rings is 1. The lowest BCUT2D eigenvalue weighted by Crippen LogP contribution is -1.91. The summed E-state index contributed by atoms with van der Waals surface area (Å²) >= 11 is 0. The Kier molecular flexibility index (Phi) is 2.23. The Balaban J connectivity index is 2.50. The highest BCUT2D eigenvalue weighted by Crippen LogP contribution is 2.18. The van der Waals surface area contributed by atoms with Gasteiger partial charge in [0.1, 0.15) is 0 Å². The number of hydrogen-bond acceptors (Lipinski definition) is 2. The van der Waals surface area contributed by atoms with Crippen molar-refractivity contribution in [2.24, 2.45) is 0 Å². The van der Waals surface area contributed by atoms with Crippen LogP contribution in [-0.2, 0) is 0 Å². The van der Waals surface area contributed by atoms with Gasteiger partial charge in [0.05, 0.1) is 12.4 Å². The van der Waals surface area contributed by atoms with Crippen molar-refractivity contribution in [1.82, 2.24) is 9.97 Å². The lowest BCUT2D eigenvalue weighted by atomic mass is 10.1. The van der Waals surface area contributed by atoms with Crippen molar-refractivity contribution < 1.29 is 4.39 Å². The van der Waals surface area contributed by atoms with Crippen molar-refractivity contribution in [3.8, 4) is 11.4 Å². The lowest BCUT2D eigenvalue weighted by Gasteiger charge is -2.02. The first-order chi connectivity index (χ1) is 6.77. The molecule has 0 amide bonds. The van der Waals surface area contributed by atoms with Crippen molar-refractivity contribution in [3.05, 3.63) is 48.0 Å². The quantitative estimate of drug-likeness (QED) is 0.687. The summed E-state index contributed by atoms with van der Waals surface area (Å²) in [7, 11) is 0. The van der Waals surface area contributed by atoms with Gasteiger partial charge in [0.15, 0.2) is 11.6 Å². The van der Waals surface area contributed by atoms with Crippen molar-refractivity contribution in [1.29, 1.82) is 0 Å². The van der Waals surface area contributed by atoms with E-state index in [0.717, 1.165) is 11.1 Å². The molecule has 2 aromatic rings. The SMILES string of the molecule is Cc1ccccc1-c1ncc(F)cn1. The van der Waals surface area contributed by atoms with E-state index in [1.807, 2.05) is 31.2 Å². The van der Waals surface area contributed by atoms with Crippen molar-refractivity contribution in [3.63, 3.8) is 0 Å². The maximum Gasteiger partial charge on any atom is 0.159 e. The summed E-state index contributed by atoms with van der Waals surface area (Å²) in [6.07, 6.45) is 2.35. The molecule has 2 rings (SSSR count). The van der Waals surface area contributed by atoms with Crippen LogP contribution in [0.2, 0.25) is 0 Å². The van der Waals surface area contributed by atoms with Crippen LogP contribution < -0.4 is 0 Å². The maximum absolute atomic E-state index is 12.6. The van der Waals surface area contributed by atoms with Crippen molar-refractivity contribution in [2.75, 3.05) is 0 Å². The topological polar surface area (TPSA) is 25.8 Å². The lowest BCUT2D eigenvalue weighted by molar-refractivity contribution is 0.614. The molecule has 3 heteroatoms. The Morgan fingerprint density at radius 1 is 1.07 bits per heavy atom. The Labute approximate surface area is 81.5 Å². The third kappa shape index (κ3) is 1.62. The van der Waals surface area contributed by atoms with Gasteiger partial charge in [-0.1, -0.05) is 24.3 Å². The molecule has 1 heterocycles. The smallest absolute Gasteiger partial charge is 0.159 e. The molecule has 0 fully saturated rings. The summed E-state index contributed by atoms with van der Waals surface area (Å²) in [5.74, 6) is 0.145. The van der Waals surface area contributed by atoms with Gasteiger partial charge in [0.25, 0.3) is 0 Å². The van der Waals surface area contributed by atoms with Crippen LogP contribution in [0.4, 0.5) is 4.39 Å². The van der Waals surface area contributed by atoms with Crippen LogP contribution in [0.5, 0.6) is 0 Å². The summed E-state index contributed by atoms with van der Waals surface area (Å²) in [6, 6.07) is 7.75. The average molecular weight is 188 g/mol. The minimum Gasteiger partial charge on any atom is -0.233 e. The molecule has 0 aliphatic rings. The monoisotopic (exact) mass is 188 g/mol. The second kappa shape index (κ2) is 3.54. The van der Waals surface area contributed by atoms with Gasteiger partial charge in [-0.05, 0) is 12.5 Å². The molecule has 70 valence electrons. The molecule has 0 aliphatic heterocycles. The van der Waals surface area contributed by atoms with Crippen LogP contribution in [0.15, 0.2) is 36.7 Å². The number of halogens is 1.